The Labute approximate surface area is 123 Å². The first kappa shape index (κ1) is 14.6. The maximum atomic E-state index is 12.2. The van der Waals surface area contributed by atoms with Gasteiger partial charge in [-0.25, -0.2) is 0 Å². The predicted octanol–water partition coefficient (Wildman–Crippen LogP) is 3.39. The van der Waals surface area contributed by atoms with Gasteiger partial charge in [0.1, 0.15) is 0 Å². The van der Waals surface area contributed by atoms with Gasteiger partial charge in [-0.05, 0) is 37.5 Å². The fourth-order valence-electron chi connectivity index (χ4n) is 2.69. The van der Waals surface area contributed by atoms with E-state index in [2.05, 4.69) is 0 Å². The molecule has 1 aromatic rings. The number of amides is 1. The number of benzene rings is 1. The van der Waals surface area contributed by atoms with Crippen LogP contribution in [-0.4, -0.2) is 23.4 Å². The van der Waals surface area contributed by atoms with E-state index >= 15 is 0 Å². The molecule has 104 valence electrons. The van der Waals surface area contributed by atoms with E-state index in [0.717, 1.165) is 18.4 Å². The smallest absolute Gasteiger partial charge is 0.223 e. The lowest BCUT2D eigenvalue weighted by molar-refractivity contribution is -0.133. The summed E-state index contributed by atoms with van der Waals surface area (Å²) in [7, 11) is 0. The summed E-state index contributed by atoms with van der Waals surface area (Å²) >= 11 is 12.2. The van der Waals surface area contributed by atoms with Gasteiger partial charge in [-0.3, -0.25) is 4.79 Å². The van der Waals surface area contributed by atoms with Crippen LogP contribution in [0.4, 0.5) is 0 Å². The highest BCUT2D eigenvalue weighted by atomic mass is 35.5. The van der Waals surface area contributed by atoms with Crippen molar-refractivity contribution in [3.8, 4) is 0 Å². The molecule has 1 aliphatic rings. The minimum atomic E-state index is -0.162. The van der Waals surface area contributed by atoms with E-state index in [1.165, 1.54) is 0 Å². The first-order valence-corrected chi connectivity index (χ1v) is 7.30. The van der Waals surface area contributed by atoms with Gasteiger partial charge in [0, 0.05) is 29.1 Å². The number of rotatable bonds is 2. The summed E-state index contributed by atoms with van der Waals surface area (Å²) in [5.41, 5.74) is 7.15. The van der Waals surface area contributed by atoms with Crippen LogP contribution < -0.4 is 5.73 Å². The van der Waals surface area contributed by atoms with Gasteiger partial charge in [0.25, 0.3) is 0 Å². The SMILES string of the molecule is CCN1C(=O)CCCC(N)C1c1ccc(Cl)cc1Cl. The molecule has 1 fully saturated rings. The van der Waals surface area contributed by atoms with Crippen LogP contribution in [0, 0.1) is 0 Å². The van der Waals surface area contributed by atoms with Crippen LogP contribution in [0.25, 0.3) is 0 Å². The summed E-state index contributed by atoms with van der Waals surface area (Å²) in [6.07, 6.45) is 2.22. The summed E-state index contributed by atoms with van der Waals surface area (Å²) in [6, 6.07) is 5.11. The zero-order chi connectivity index (χ0) is 14.0. The van der Waals surface area contributed by atoms with Crippen LogP contribution in [0.2, 0.25) is 10.0 Å². The zero-order valence-electron chi connectivity index (χ0n) is 10.9. The van der Waals surface area contributed by atoms with Gasteiger partial charge in [0.15, 0.2) is 0 Å². The third kappa shape index (κ3) is 3.04. The van der Waals surface area contributed by atoms with Crippen molar-refractivity contribution >= 4 is 29.1 Å². The number of likely N-dealkylation sites (N-methyl/N-ethyl adjacent to an activating group) is 1. The minimum Gasteiger partial charge on any atom is -0.334 e. The van der Waals surface area contributed by atoms with Crippen LogP contribution in [0.1, 0.15) is 37.8 Å². The molecule has 1 saturated heterocycles. The largest absolute Gasteiger partial charge is 0.334 e. The highest BCUT2D eigenvalue weighted by Crippen LogP contribution is 2.35. The summed E-state index contributed by atoms with van der Waals surface area (Å²) in [6.45, 7) is 2.60. The lowest BCUT2D eigenvalue weighted by Gasteiger charge is -2.33. The quantitative estimate of drug-likeness (QED) is 0.910. The zero-order valence-corrected chi connectivity index (χ0v) is 12.4. The Morgan fingerprint density at radius 3 is 2.79 bits per heavy atom. The van der Waals surface area contributed by atoms with Gasteiger partial charge in [-0.2, -0.15) is 0 Å². The molecular weight excluding hydrogens is 283 g/mol. The van der Waals surface area contributed by atoms with Crippen LogP contribution in [0.3, 0.4) is 0 Å². The van der Waals surface area contributed by atoms with Gasteiger partial charge >= 0.3 is 0 Å². The van der Waals surface area contributed by atoms with Crippen molar-refractivity contribution in [2.24, 2.45) is 5.73 Å². The average molecular weight is 301 g/mol. The van der Waals surface area contributed by atoms with Gasteiger partial charge < -0.3 is 10.6 Å². The first-order chi connectivity index (χ1) is 9.04. The van der Waals surface area contributed by atoms with Crippen LogP contribution >= 0.6 is 23.2 Å². The van der Waals surface area contributed by atoms with Crippen LogP contribution in [0.5, 0.6) is 0 Å². The summed E-state index contributed by atoms with van der Waals surface area (Å²) in [5, 5.41) is 1.16. The van der Waals surface area contributed by atoms with Crippen molar-refractivity contribution in [1.82, 2.24) is 4.90 Å². The third-order valence-corrected chi connectivity index (χ3v) is 4.17. The number of nitrogens with two attached hydrogens (primary N) is 1. The average Bonchev–Trinajstić information content (AvgIpc) is 2.49. The molecule has 1 heterocycles. The third-order valence-electron chi connectivity index (χ3n) is 3.61. The molecule has 2 rings (SSSR count). The molecule has 5 heteroatoms. The summed E-state index contributed by atoms with van der Waals surface area (Å²) < 4.78 is 0. The molecule has 2 N–H and O–H groups in total. The minimum absolute atomic E-state index is 0.0925. The van der Waals surface area contributed by atoms with E-state index in [0.29, 0.717) is 23.0 Å². The van der Waals surface area contributed by atoms with Gasteiger partial charge in [-0.1, -0.05) is 29.3 Å². The maximum Gasteiger partial charge on any atom is 0.223 e. The molecule has 1 amide bonds. The first-order valence-electron chi connectivity index (χ1n) is 6.54. The van der Waals surface area contributed by atoms with E-state index in [9.17, 15) is 4.79 Å². The predicted molar refractivity (Wildman–Crippen MR) is 78.4 cm³/mol. The van der Waals surface area contributed by atoms with E-state index in [1.807, 2.05) is 17.9 Å². The van der Waals surface area contributed by atoms with Crippen LogP contribution in [-0.2, 0) is 4.79 Å². The molecule has 0 spiro atoms. The Kier molecular flexibility index (Phi) is 4.71. The van der Waals surface area contributed by atoms with Crippen molar-refractivity contribution in [3.63, 3.8) is 0 Å². The lowest BCUT2D eigenvalue weighted by atomic mass is 9.96. The van der Waals surface area contributed by atoms with E-state index in [-0.39, 0.29) is 18.0 Å². The second-order valence-electron chi connectivity index (χ2n) is 4.85. The molecule has 0 saturated carbocycles. The normalized spacial score (nSPS) is 24.4. The second kappa shape index (κ2) is 6.12. The molecule has 2 unspecified atom stereocenters. The van der Waals surface area contributed by atoms with Crippen LogP contribution in [0.15, 0.2) is 18.2 Å². The molecule has 19 heavy (non-hydrogen) atoms. The van der Waals surface area contributed by atoms with Crippen molar-refractivity contribution in [1.29, 1.82) is 0 Å². The Hall–Kier alpha value is -0.770. The number of carbonyl (C=O) groups excluding carboxylic acids is 1. The Bertz CT molecular complexity index is 479. The molecule has 2 atom stereocenters. The van der Waals surface area contributed by atoms with Crippen molar-refractivity contribution in [2.45, 2.75) is 38.3 Å². The van der Waals surface area contributed by atoms with E-state index in [4.69, 9.17) is 28.9 Å². The number of carbonyl (C=O) groups is 1. The monoisotopic (exact) mass is 300 g/mol. The molecule has 1 aromatic carbocycles. The van der Waals surface area contributed by atoms with Crippen molar-refractivity contribution in [3.05, 3.63) is 33.8 Å². The molecule has 3 nitrogen and oxygen atoms in total. The number of hydrogen-bond acceptors (Lipinski definition) is 2. The number of halogens is 2. The fraction of sp³-hybridized carbons (Fsp3) is 0.500. The highest BCUT2D eigenvalue weighted by molar-refractivity contribution is 6.35. The van der Waals surface area contributed by atoms with Crippen molar-refractivity contribution < 1.29 is 4.79 Å². The maximum absolute atomic E-state index is 12.2. The standard InChI is InChI=1S/C14H18Cl2N2O/c1-2-18-13(19)5-3-4-12(17)14(18)10-7-6-9(15)8-11(10)16/h6-8,12,14H,2-5,17H2,1H3. The topological polar surface area (TPSA) is 46.3 Å². The van der Waals surface area contributed by atoms with E-state index < -0.39 is 0 Å². The molecule has 0 radical (unpaired) electrons. The molecule has 0 aromatic heterocycles. The Morgan fingerprint density at radius 2 is 2.16 bits per heavy atom. The fourth-order valence-corrected chi connectivity index (χ4v) is 3.21. The van der Waals surface area contributed by atoms with Gasteiger partial charge in [-0.15, -0.1) is 0 Å². The highest BCUT2D eigenvalue weighted by Gasteiger charge is 2.32. The van der Waals surface area contributed by atoms with Gasteiger partial charge in [0.05, 0.1) is 6.04 Å². The number of hydrogen-bond donors (Lipinski definition) is 1. The summed E-state index contributed by atoms with van der Waals surface area (Å²) in [4.78, 5) is 14.0. The summed E-state index contributed by atoms with van der Waals surface area (Å²) in [5.74, 6) is 0.145. The second-order valence-corrected chi connectivity index (χ2v) is 5.69. The molecule has 0 bridgehead atoms. The molecular formula is C14H18Cl2N2O. The number of nitrogens with zero attached hydrogens (tertiary/aromatic N) is 1. The van der Waals surface area contributed by atoms with E-state index in [1.54, 1.807) is 12.1 Å². The molecule has 1 aliphatic heterocycles. The Morgan fingerprint density at radius 1 is 1.42 bits per heavy atom. The molecule has 0 aliphatic carbocycles. The van der Waals surface area contributed by atoms with Gasteiger partial charge in [0.2, 0.25) is 5.91 Å². The van der Waals surface area contributed by atoms with Crippen molar-refractivity contribution in [2.75, 3.05) is 6.54 Å². The lowest BCUT2D eigenvalue weighted by Crippen LogP contribution is -2.42. The Balaban J connectivity index is 2.44. The number of likely N-dealkylation sites (tertiary alicyclic amines) is 1.